The van der Waals surface area contributed by atoms with Gasteiger partial charge in [0.25, 0.3) is 0 Å². The van der Waals surface area contributed by atoms with E-state index in [1.54, 1.807) is 24.3 Å². The minimum absolute atomic E-state index is 0.205. The third-order valence-electron chi connectivity index (χ3n) is 5.29. The van der Waals surface area contributed by atoms with Crippen molar-refractivity contribution in [1.29, 1.82) is 0 Å². The molecule has 0 aliphatic carbocycles. The number of likely N-dealkylation sites (tertiary alicyclic amines) is 1. The maximum absolute atomic E-state index is 13.8. The molecule has 1 heterocycles. The highest BCUT2D eigenvalue weighted by Gasteiger charge is 2.35. The monoisotopic (exact) mass is 391 g/mol. The van der Waals surface area contributed by atoms with Crippen LogP contribution in [0.5, 0.6) is 0 Å². The van der Waals surface area contributed by atoms with Gasteiger partial charge >= 0.3 is 6.18 Å². The van der Waals surface area contributed by atoms with Gasteiger partial charge in [0.2, 0.25) is 5.91 Å². The van der Waals surface area contributed by atoms with Gasteiger partial charge in [-0.15, -0.1) is 0 Å². The molecule has 0 saturated carbocycles. The number of primary amides is 1. The van der Waals surface area contributed by atoms with Crippen LogP contribution >= 0.6 is 0 Å². The van der Waals surface area contributed by atoms with Crippen molar-refractivity contribution in [2.24, 2.45) is 5.73 Å². The summed E-state index contributed by atoms with van der Waals surface area (Å²) < 4.78 is 41.3. The summed E-state index contributed by atoms with van der Waals surface area (Å²) in [6.45, 7) is 1.76. The van der Waals surface area contributed by atoms with Crippen LogP contribution < -0.4 is 5.73 Å². The van der Waals surface area contributed by atoms with Gasteiger partial charge in [-0.25, -0.2) is 0 Å². The summed E-state index contributed by atoms with van der Waals surface area (Å²) in [5.74, 6) is -0.667. The van der Waals surface area contributed by atoms with Crippen molar-refractivity contribution in [1.82, 2.24) is 9.80 Å². The van der Waals surface area contributed by atoms with Crippen LogP contribution in [0.1, 0.15) is 27.9 Å². The number of carbonyl (C=O) groups is 1. The second kappa shape index (κ2) is 7.93. The first kappa shape index (κ1) is 20.4. The van der Waals surface area contributed by atoms with Gasteiger partial charge in [-0.1, -0.05) is 30.3 Å². The zero-order valence-corrected chi connectivity index (χ0v) is 16.0. The lowest BCUT2D eigenvalue weighted by atomic mass is 9.95. The molecule has 7 heteroatoms. The van der Waals surface area contributed by atoms with Crippen LogP contribution in [0.2, 0.25) is 0 Å². The lowest BCUT2D eigenvalue weighted by Crippen LogP contribution is -2.31. The average molecular weight is 391 g/mol. The van der Waals surface area contributed by atoms with Gasteiger partial charge in [-0.2, -0.15) is 13.2 Å². The minimum atomic E-state index is -4.48. The smallest absolute Gasteiger partial charge is 0.366 e. The first-order chi connectivity index (χ1) is 13.2. The van der Waals surface area contributed by atoms with Crippen LogP contribution in [0, 0.1) is 0 Å². The number of nitrogens with two attached hydrogens (primary N) is 1. The van der Waals surface area contributed by atoms with Gasteiger partial charge in [0.05, 0.1) is 5.56 Å². The molecule has 4 nitrogen and oxygen atoms in total. The summed E-state index contributed by atoms with van der Waals surface area (Å²) in [6.07, 6.45) is -3.54. The molecular formula is C21H24F3N3O. The topological polar surface area (TPSA) is 49.6 Å². The Morgan fingerprint density at radius 2 is 1.93 bits per heavy atom. The Morgan fingerprint density at radius 1 is 1.21 bits per heavy atom. The number of halogens is 3. The van der Waals surface area contributed by atoms with E-state index in [0.717, 1.165) is 25.6 Å². The maximum Gasteiger partial charge on any atom is 0.416 e. The van der Waals surface area contributed by atoms with Crippen LogP contribution in [-0.4, -0.2) is 48.9 Å². The Labute approximate surface area is 162 Å². The minimum Gasteiger partial charge on any atom is -0.366 e. The molecular weight excluding hydrogens is 367 g/mol. The van der Waals surface area contributed by atoms with Crippen molar-refractivity contribution in [3.8, 4) is 11.1 Å². The zero-order valence-electron chi connectivity index (χ0n) is 16.0. The van der Waals surface area contributed by atoms with Crippen molar-refractivity contribution in [3.05, 3.63) is 59.2 Å². The van der Waals surface area contributed by atoms with E-state index in [0.29, 0.717) is 17.2 Å². The predicted octanol–water partition coefficient (Wildman–Crippen LogP) is 3.61. The van der Waals surface area contributed by atoms with Gasteiger partial charge in [0.1, 0.15) is 0 Å². The molecule has 28 heavy (non-hydrogen) atoms. The Kier molecular flexibility index (Phi) is 5.76. The number of hydrogen-bond acceptors (Lipinski definition) is 3. The van der Waals surface area contributed by atoms with Crippen LogP contribution in [0.15, 0.2) is 42.5 Å². The standard InChI is InChI=1S/C21H24F3N3O/c1-26(2)16-9-10-27(13-16)12-15-8-7-14(11-19(15)21(22,23)24)17-5-3-4-6-18(17)20(25)28/h3-8,11,16H,9-10,12-13H2,1-2H3,(H2,25,28)/t16-/m1/s1. The summed E-state index contributed by atoms with van der Waals surface area (Å²) in [7, 11) is 3.97. The summed E-state index contributed by atoms with van der Waals surface area (Å²) in [5, 5.41) is 0. The van der Waals surface area contributed by atoms with E-state index in [1.165, 1.54) is 12.1 Å². The molecule has 0 spiro atoms. The Morgan fingerprint density at radius 3 is 2.54 bits per heavy atom. The highest BCUT2D eigenvalue weighted by Crippen LogP contribution is 2.36. The predicted molar refractivity (Wildman–Crippen MR) is 103 cm³/mol. The zero-order chi connectivity index (χ0) is 20.5. The molecule has 0 bridgehead atoms. The maximum atomic E-state index is 13.8. The quantitative estimate of drug-likeness (QED) is 0.847. The molecule has 3 rings (SSSR count). The van der Waals surface area contributed by atoms with E-state index < -0.39 is 17.6 Å². The summed E-state index contributed by atoms with van der Waals surface area (Å²) >= 11 is 0. The Hall–Kier alpha value is -2.38. The second-order valence-corrected chi connectivity index (χ2v) is 7.42. The highest BCUT2D eigenvalue weighted by atomic mass is 19.4. The lowest BCUT2D eigenvalue weighted by Gasteiger charge is -2.22. The van der Waals surface area contributed by atoms with Gasteiger partial charge in [-0.05, 0) is 49.3 Å². The Bertz CT molecular complexity index is 864. The van der Waals surface area contributed by atoms with Crippen molar-refractivity contribution >= 4 is 5.91 Å². The van der Waals surface area contributed by atoms with Crippen LogP contribution in [0.25, 0.3) is 11.1 Å². The first-order valence-electron chi connectivity index (χ1n) is 9.15. The molecule has 150 valence electrons. The number of hydrogen-bond donors (Lipinski definition) is 1. The van der Waals surface area contributed by atoms with Gasteiger partial charge in [0, 0.05) is 31.2 Å². The average Bonchev–Trinajstić information content (AvgIpc) is 3.10. The molecule has 2 aromatic carbocycles. The lowest BCUT2D eigenvalue weighted by molar-refractivity contribution is -0.138. The molecule has 1 aliphatic rings. The van der Waals surface area contributed by atoms with Gasteiger partial charge < -0.3 is 10.6 Å². The van der Waals surface area contributed by atoms with Crippen molar-refractivity contribution < 1.29 is 18.0 Å². The van der Waals surface area contributed by atoms with Gasteiger partial charge in [-0.3, -0.25) is 9.69 Å². The molecule has 1 aliphatic heterocycles. The third kappa shape index (κ3) is 4.36. The fourth-order valence-corrected chi connectivity index (χ4v) is 3.71. The number of rotatable bonds is 5. The molecule has 2 aromatic rings. The molecule has 1 amide bonds. The molecule has 2 N–H and O–H groups in total. The number of carbonyl (C=O) groups excluding carboxylic acids is 1. The molecule has 0 radical (unpaired) electrons. The van der Waals surface area contributed by atoms with E-state index in [4.69, 9.17) is 5.73 Å². The molecule has 0 unspecified atom stereocenters. The van der Waals surface area contributed by atoms with Crippen LogP contribution in [0.3, 0.4) is 0 Å². The first-order valence-corrected chi connectivity index (χ1v) is 9.15. The normalized spacial score (nSPS) is 18.0. The number of nitrogens with zero attached hydrogens (tertiary/aromatic N) is 2. The SMILES string of the molecule is CN(C)[C@@H]1CCN(Cc2ccc(-c3ccccc3C(N)=O)cc2C(F)(F)F)C1. The summed E-state index contributed by atoms with van der Waals surface area (Å²) in [6, 6.07) is 11.1. The van der Waals surface area contributed by atoms with Crippen molar-refractivity contribution in [2.75, 3.05) is 27.2 Å². The summed E-state index contributed by atoms with van der Waals surface area (Å²) in [4.78, 5) is 15.8. The summed E-state index contributed by atoms with van der Waals surface area (Å²) in [5.41, 5.74) is 5.89. The van der Waals surface area contributed by atoms with Crippen molar-refractivity contribution in [2.45, 2.75) is 25.2 Å². The fourth-order valence-electron chi connectivity index (χ4n) is 3.71. The van der Waals surface area contributed by atoms with E-state index in [2.05, 4.69) is 4.90 Å². The van der Waals surface area contributed by atoms with E-state index in [-0.39, 0.29) is 17.7 Å². The largest absolute Gasteiger partial charge is 0.416 e. The molecule has 1 saturated heterocycles. The number of alkyl halides is 3. The highest BCUT2D eigenvalue weighted by molar-refractivity contribution is 5.99. The molecule has 0 aromatic heterocycles. The number of benzene rings is 2. The third-order valence-corrected chi connectivity index (χ3v) is 5.29. The van der Waals surface area contributed by atoms with Crippen LogP contribution in [0.4, 0.5) is 13.2 Å². The van der Waals surface area contributed by atoms with E-state index in [9.17, 15) is 18.0 Å². The van der Waals surface area contributed by atoms with E-state index in [1.807, 2.05) is 19.0 Å². The van der Waals surface area contributed by atoms with E-state index >= 15 is 0 Å². The number of likely N-dealkylation sites (N-methyl/N-ethyl adjacent to an activating group) is 1. The Balaban J connectivity index is 1.95. The van der Waals surface area contributed by atoms with Crippen molar-refractivity contribution in [3.63, 3.8) is 0 Å². The van der Waals surface area contributed by atoms with Gasteiger partial charge in [0.15, 0.2) is 0 Å². The molecule has 1 atom stereocenters. The second-order valence-electron chi connectivity index (χ2n) is 7.42. The molecule has 1 fully saturated rings. The van der Waals surface area contributed by atoms with Crippen LogP contribution in [-0.2, 0) is 12.7 Å². The fraction of sp³-hybridized carbons (Fsp3) is 0.381. The number of amides is 1.